The van der Waals surface area contributed by atoms with Gasteiger partial charge in [-0.2, -0.15) is 0 Å². The Morgan fingerprint density at radius 3 is 2.71 bits per heavy atom. The van der Waals surface area contributed by atoms with Crippen molar-refractivity contribution in [3.8, 4) is 0 Å². The van der Waals surface area contributed by atoms with Crippen molar-refractivity contribution in [3.05, 3.63) is 45.7 Å². The van der Waals surface area contributed by atoms with Gasteiger partial charge in [-0.1, -0.05) is 6.07 Å². The number of hydrogen-bond donors (Lipinski definition) is 2. The van der Waals surface area contributed by atoms with Gasteiger partial charge in [-0.3, -0.25) is 0 Å². The average molecular weight is 309 g/mol. The summed E-state index contributed by atoms with van der Waals surface area (Å²) in [4.78, 5) is 7.69. The lowest BCUT2D eigenvalue weighted by Crippen LogP contribution is -2.13. The molecule has 0 atom stereocenters. The second-order valence-corrected chi connectivity index (χ2v) is 6.15. The molecule has 21 heavy (non-hydrogen) atoms. The summed E-state index contributed by atoms with van der Waals surface area (Å²) >= 11 is 1.67. The third kappa shape index (κ3) is 4.00. The number of aliphatic hydroxyl groups excluding tert-OH is 1. The van der Waals surface area contributed by atoms with Gasteiger partial charge in [0.05, 0.1) is 12.3 Å². The molecule has 0 bridgehead atoms. The van der Waals surface area contributed by atoms with Gasteiger partial charge in [-0.05, 0) is 24.6 Å². The number of halogens is 1. The number of hydrogen-bond acceptors (Lipinski definition) is 5. The molecular formula is C15H20FN3OS. The number of benzene rings is 1. The molecule has 114 valence electrons. The molecule has 0 unspecified atom stereocenters. The monoisotopic (exact) mass is 309 g/mol. The van der Waals surface area contributed by atoms with Crippen molar-refractivity contribution >= 4 is 16.5 Å². The Morgan fingerprint density at radius 1 is 1.33 bits per heavy atom. The van der Waals surface area contributed by atoms with Crippen LogP contribution in [-0.2, 0) is 19.7 Å². The van der Waals surface area contributed by atoms with Crippen LogP contribution in [-0.4, -0.2) is 24.2 Å². The van der Waals surface area contributed by atoms with Crippen molar-refractivity contribution in [1.29, 1.82) is 0 Å². The summed E-state index contributed by atoms with van der Waals surface area (Å²) in [5, 5.41) is 13.4. The summed E-state index contributed by atoms with van der Waals surface area (Å²) in [6, 6.07) is 4.81. The van der Waals surface area contributed by atoms with Crippen molar-refractivity contribution in [2.75, 3.05) is 19.0 Å². The number of nitrogens with zero attached hydrogens (tertiary/aromatic N) is 2. The van der Waals surface area contributed by atoms with Crippen molar-refractivity contribution in [1.82, 2.24) is 10.3 Å². The Bertz CT molecular complexity index is 613. The van der Waals surface area contributed by atoms with Crippen LogP contribution in [0.4, 0.5) is 9.52 Å². The Kier molecular flexibility index (Phi) is 5.27. The molecule has 2 N–H and O–H groups in total. The highest BCUT2D eigenvalue weighted by Gasteiger charge is 2.09. The van der Waals surface area contributed by atoms with E-state index in [2.05, 4.69) is 10.3 Å². The number of aliphatic hydroxyl groups is 1. The third-order valence-corrected chi connectivity index (χ3v) is 4.48. The second kappa shape index (κ2) is 6.98. The van der Waals surface area contributed by atoms with E-state index in [1.165, 1.54) is 10.9 Å². The Balaban J connectivity index is 1.95. The molecule has 1 aromatic heterocycles. The Morgan fingerprint density at radius 2 is 2.10 bits per heavy atom. The standard InChI is InChI=1S/C15H20FN3OS/c1-10-14(21-15(18-10)19(2)3)8-17-7-11-4-5-13(16)12(6-11)9-20/h4-6,17,20H,7-9H2,1-3H3. The first-order valence-corrected chi connectivity index (χ1v) is 7.55. The lowest BCUT2D eigenvalue weighted by Gasteiger charge is -2.07. The molecule has 4 nitrogen and oxygen atoms in total. The zero-order valence-electron chi connectivity index (χ0n) is 12.5. The fourth-order valence-corrected chi connectivity index (χ4v) is 2.90. The fourth-order valence-electron chi connectivity index (χ4n) is 1.95. The van der Waals surface area contributed by atoms with Crippen LogP contribution in [0.1, 0.15) is 21.7 Å². The maximum absolute atomic E-state index is 13.3. The quantitative estimate of drug-likeness (QED) is 0.860. The summed E-state index contributed by atoms with van der Waals surface area (Å²) in [5.74, 6) is -0.366. The van der Waals surface area contributed by atoms with E-state index in [-0.39, 0.29) is 12.4 Å². The molecule has 0 aliphatic heterocycles. The van der Waals surface area contributed by atoms with Crippen LogP contribution < -0.4 is 10.2 Å². The van der Waals surface area contributed by atoms with Crippen molar-refractivity contribution in [2.45, 2.75) is 26.6 Å². The van der Waals surface area contributed by atoms with Crippen LogP contribution in [0.25, 0.3) is 0 Å². The van der Waals surface area contributed by atoms with Gasteiger partial charge in [0.25, 0.3) is 0 Å². The van der Waals surface area contributed by atoms with Gasteiger partial charge < -0.3 is 15.3 Å². The molecule has 0 saturated carbocycles. The van der Waals surface area contributed by atoms with Crippen molar-refractivity contribution in [3.63, 3.8) is 0 Å². The topological polar surface area (TPSA) is 48.4 Å². The molecule has 0 spiro atoms. The molecule has 0 aliphatic carbocycles. The highest BCUT2D eigenvalue weighted by molar-refractivity contribution is 7.15. The van der Waals surface area contributed by atoms with Crippen LogP contribution in [0.5, 0.6) is 0 Å². The van der Waals surface area contributed by atoms with Gasteiger partial charge in [0.15, 0.2) is 5.13 Å². The SMILES string of the molecule is Cc1nc(N(C)C)sc1CNCc1ccc(F)c(CO)c1. The number of nitrogens with one attached hydrogen (secondary N) is 1. The summed E-state index contributed by atoms with van der Waals surface area (Å²) in [6.07, 6.45) is 0. The highest BCUT2D eigenvalue weighted by Crippen LogP contribution is 2.24. The summed E-state index contributed by atoms with van der Waals surface area (Å²) < 4.78 is 13.3. The molecule has 2 aromatic rings. The van der Waals surface area contributed by atoms with Gasteiger partial charge in [0, 0.05) is 37.6 Å². The summed E-state index contributed by atoms with van der Waals surface area (Å²) in [5.41, 5.74) is 2.32. The molecule has 0 saturated heterocycles. The van der Waals surface area contributed by atoms with Crippen LogP contribution in [0.2, 0.25) is 0 Å². The van der Waals surface area contributed by atoms with Crippen LogP contribution in [0.3, 0.4) is 0 Å². The lowest BCUT2D eigenvalue weighted by molar-refractivity contribution is 0.275. The second-order valence-electron chi connectivity index (χ2n) is 5.09. The number of anilines is 1. The molecule has 0 aliphatic rings. The first-order chi connectivity index (χ1) is 10.0. The normalized spacial score (nSPS) is 10.9. The fraction of sp³-hybridized carbons (Fsp3) is 0.400. The minimum atomic E-state index is -0.366. The van der Waals surface area contributed by atoms with Gasteiger partial charge >= 0.3 is 0 Å². The lowest BCUT2D eigenvalue weighted by atomic mass is 10.1. The zero-order valence-corrected chi connectivity index (χ0v) is 13.3. The number of aryl methyl sites for hydroxylation is 1. The maximum Gasteiger partial charge on any atom is 0.185 e. The van der Waals surface area contributed by atoms with E-state index in [0.717, 1.165) is 22.9 Å². The molecule has 1 aromatic carbocycles. The van der Waals surface area contributed by atoms with E-state index in [1.807, 2.05) is 25.9 Å². The van der Waals surface area contributed by atoms with Crippen molar-refractivity contribution < 1.29 is 9.50 Å². The first kappa shape index (κ1) is 15.9. The van der Waals surface area contributed by atoms with Crippen molar-refractivity contribution in [2.24, 2.45) is 0 Å². The predicted octanol–water partition coefficient (Wildman–Crippen LogP) is 2.44. The van der Waals surface area contributed by atoms with Gasteiger partial charge in [-0.15, -0.1) is 11.3 Å². The number of thiazole rings is 1. The minimum Gasteiger partial charge on any atom is -0.392 e. The van der Waals surface area contributed by atoms with Crippen LogP contribution in [0.15, 0.2) is 18.2 Å². The average Bonchev–Trinajstić information content (AvgIpc) is 2.82. The molecule has 6 heteroatoms. The largest absolute Gasteiger partial charge is 0.392 e. The Hall–Kier alpha value is -1.50. The zero-order chi connectivity index (χ0) is 15.4. The minimum absolute atomic E-state index is 0.278. The summed E-state index contributed by atoms with van der Waals surface area (Å²) in [6.45, 7) is 3.08. The molecule has 0 fully saturated rings. The van der Waals surface area contributed by atoms with Crippen LogP contribution >= 0.6 is 11.3 Å². The molecular weight excluding hydrogens is 289 g/mol. The van der Waals surface area contributed by atoms with Crippen LogP contribution in [0, 0.1) is 12.7 Å². The molecule has 1 heterocycles. The van der Waals surface area contributed by atoms with E-state index >= 15 is 0 Å². The van der Waals surface area contributed by atoms with E-state index in [0.29, 0.717) is 12.1 Å². The maximum atomic E-state index is 13.3. The van der Waals surface area contributed by atoms with Gasteiger partial charge in [-0.25, -0.2) is 9.37 Å². The summed E-state index contributed by atoms with van der Waals surface area (Å²) in [7, 11) is 3.95. The number of rotatable bonds is 6. The van der Waals surface area contributed by atoms with Gasteiger partial charge in [0.2, 0.25) is 0 Å². The number of aromatic nitrogens is 1. The molecule has 0 amide bonds. The van der Waals surface area contributed by atoms with Gasteiger partial charge in [0.1, 0.15) is 5.82 Å². The molecule has 0 radical (unpaired) electrons. The predicted molar refractivity (Wildman–Crippen MR) is 84.0 cm³/mol. The van der Waals surface area contributed by atoms with E-state index in [9.17, 15) is 4.39 Å². The molecule has 2 rings (SSSR count). The highest BCUT2D eigenvalue weighted by atomic mass is 32.1. The smallest absolute Gasteiger partial charge is 0.185 e. The van der Waals surface area contributed by atoms with E-state index in [1.54, 1.807) is 23.5 Å². The van der Waals surface area contributed by atoms with E-state index in [4.69, 9.17) is 5.11 Å². The Labute approximate surface area is 128 Å². The van der Waals surface area contributed by atoms with E-state index < -0.39 is 0 Å². The third-order valence-electron chi connectivity index (χ3n) is 3.16. The first-order valence-electron chi connectivity index (χ1n) is 6.73.